The number of fused-ring (bicyclic) bond motifs is 6. The van der Waals surface area contributed by atoms with Crippen LogP contribution in [0.5, 0.6) is 5.75 Å². The molecule has 370 valence electrons. The highest BCUT2D eigenvalue weighted by Crippen LogP contribution is 2.51. The van der Waals surface area contributed by atoms with E-state index in [4.69, 9.17) is 16.5 Å². The van der Waals surface area contributed by atoms with Crippen molar-refractivity contribution < 1.29 is 44.8 Å². The Bertz CT molecular complexity index is 3370. The summed E-state index contributed by atoms with van der Waals surface area (Å²) < 4.78 is 77.6. The third-order valence-electron chi connectivity index (χ3n) is 14.5. The van der Waals surface area contributed by atoms with Crippen molar-refractivity contribution >= 4 is 82.5 Å². The van der Waals surface area contributed by atoms with E-state index in [2.05, 4.69) is 110 Å². The zero-order chi connectivity index (χ0) is 50.5. The molecular weight excluding hydrogens is 958 g/mol. The number of hydrogen-bond acceptors (Lipinski definition) is 9. The molecule has 1 aliphatic carbocycles. The molecule has 0 spiro atoms. The number of carbonyl (C=O) groups excluding carboxylic acids is 2. The predicted octanol–water partition coefficient (Wildman–Crippen LogP) is 11.0. The van der Waals surface area contributed by atoms with E-state index in [-0.39, 0.29) is 18.6 Å². The Balaban J connectivity index is 1.14. The molecule has 15 heteroatoms. The summed E-state index contributed by atoms with van der Waals surface area (Å²) in [6, 6.07) is 32.3. The number of imide groups is 1. The molecule has 3 heterocycles. The van der Waals surface area contributed by atoms with E-state index < -0.39 is 54.6 Å². The molecule has 1 atom stereocenters. The van der Waals surface area contributed by atoms with Gasteiger partial charge in [-0.1, -0.05) is 86.7 Å². The van der Waals surface area contributed by atoms with Crippen LogP contribution < -0.4 is 9.64 Å². The van der Waals surface area contributed by atoms with Gasteiger partial charge in [0.2, 0.25) is 11.6 Å². The fourth-order valence-corrected chi connectivity index (χ4v) is 12.4. The maximum Gasteiger partial charge on any atom is 0.264 e. The summed E-state index contributed by atoms with van der Waals surface area (Å²) in [6.07, 6.45) is 12.4. The van der Waals surface area contributed by atoms with Crippen molar-refractivity contribution in [3.8, 4) is 5.75 Å². The summed E-state index contributed by atoms with van der Waals surface area (Å²) in [4.78, 5) is 27.4. The molecule has 71 heavy (non-hydrogen) atoms. The topological polar surface area (TPSA) is 164 Å². The smallest absolute Gasteiger partial charge is 0.264 e. The Labute approximate surface area is 421 Å². The van der Waals surface area contributed by atoms with Crippen molar-refractivity contribution in [2.75, 3.05) is 29.5 Å². The normalized spacial score (nSPS) is 20.2. The average molecular weight is 1020 g/mol. The van der Waals surface area contributed by atoms with E-state index in [1.165, 1.54) is 11.1 Å². The number of amides is 2. The minimum atomic E-state index is -4.36. The Kier molecular flexibility index (Phi) is 13.8. The van der Waals surface area contributed by atoms with Crippen LogP contribution in [0.25, 0.3) is 21.5 Å². The van der Waals surface area contributed by atoms with Crippen molar-refractivity contribution in [1.29, 1.82) is 0 Å². The average Bonchev–Trinajstić information content (AvgIpc) is 3.81. The maximum absolute atomic E-state index is 12.8. The first kappa shape index (κ1) is 50.1. The first-order valence-electron chi connectivity index (χ1n) is 24.2. The minimum absolute atomic E-state index is 0.0125. The van der Waals surface area contributed by atoms with Crippen LogP contribution >= 0.6 is 11.8 Å². The van der Waals surface area contributed by atoms with E-state index in [0.717, 1.165) is 61.9 Å². The van der Waals surface area contributed by atoms with Gasteiger partial charge in [-0.3, -0.25) is 14.1 Å². The molecule has 0 radical (unpaired) electrons. The molecule has 0 saturated carbocycles. The van der Waals surface area contributed by atoms with Crippen LogP contribution in [0.1, 0.15) is 102 Å². The van der Waals surface area contributed by atoms with Gasteiger partial charge in [0.05, 0.1) is 27.2 Å². The molecule has 2 amide bonds. The van der Waals surface area contributed by atoms with Crippen molar-refractivity contribution in [1.82, 2.24) is 4.42 Å². The lowest BCUT2D eigenvalue weighted by Crippen LogP contribution is -2.28. The summed E-state index contributed by atoms with van der Waals surface area (Å²) in [5.74, 6) is -1.11. The van der Waals surface area contributed by atoms with Gasteiger partial charge < -0.3 is 14.2 Å². The molecule has 1 saturated heterocycles. The number of nitrogens with zero attached hydrogens (tertiary/aromatic N) is 3. The van der Waals surface area contributed by atoms with E-state index in [1.807, 2.05) is 24.3 Å². The number of ether oxygens (including phenoxy) is 1. The maximum atomic E-state index is 12.8. The number of unbranched alkanes of at least 4 members (excludes halogenated alkanes) is 2. The Hall–Kier alpha value is -5.90. The molecule has 0 aromatic heterocycles. The van der Waals surface area contributed by atoms with E-state index in [1.54, 1.807) is 24.3 Å². The highest BCUT2D eigenvalue weighted by molar-refractivity contribution is 7.85. The SMILES string of the molecule is CC1(C)C(/C=C\C2=C(Oc3ccc(C4CC(=O)N(Cl)C4=O)cc3)C(=C\C=C3/N(CCCCS(=O)(=O)O)c4ccc5ccccc5c4C3(C)C)/CCC2)=[N+](CCCCS(=O)(=O)[O-])c2ccc3ccccc3c21. The van der Waals surface area contributed by atoms with Crippen molar-refractivity contribution in [2.45, 2.75) is 95.8 Å². The van der Waals surface area contributed by atoms with Crippen LogP contribution in [0.2, 0.25) is 0 Å². The Morgan fingerprint density at radius 3 is 2.10 bits per heavy atom. The Morgan fingerprint density at radius 2 is 1.44 bits per heavy atom. The fourth-order valence-electron chi connectivity index (χ4n) is 11.1. The minimum Gasteiger partial charge on any atom is -0.748 e. The van der Waals surface area contributed by atoms with E-state index in [0.29, 0.717) is 66.7 Å². The van der Waals surface area contributed by atoms with Crippen LogP contribution in [-0.4, -0.2) is 77.1 Å². The number of anilines is 1. The van der Waals surface area contributed by atoms with Gasteiger partial charge in [-0.25, -0.2) is 8.42 Å². The molecule has 9 rings (SSSR count). The lowest BCUT2D eigenvalue weighted by Gasteiger charge is -2.28. The number of rotatable bonds is 16. The highest BCUT2D eigenvalue weighted by Gasteiger charge is 2.46. The number of hydrogen-bond donors (Lipinski definition) is 1. The van der Waals surface area contributed by atoms with Gasteiger partial charge in [-0.2, -0.15) is 17.4 Å². The molecule has 0 bridgehead atoms. The van der Waals surface area contributed by atoms with Gasteiger partial charge in [0.15, 0.2) is 5.71 Å². The fraction of sp³-hybridized carbons (Fsp3) is 0.339. The van der Waals surface area contributed by atoms with Crippen LogP contribution in [0.15, 0.2) is 144 Å². The number of halogens is 1. The third kappa shape index (κ3) is 10.1. The summed E-state index contributed by atoms with van der Waals surface area (Å²) in [6.45, 7) is 9.88. The van der Waals surface area contributed by atoms with Crippen LogP contribution in [0, 0.1) is 0 Å². The first-order chi connectivity index (χ1) is 33.7. The molecule has 3 aliphatic heterocycles. The van der Waals surface area contributed by atoms with Gasteiger partial charge in [0.1, 0.15) is 18.1 Å². The van der Waals surface area contributed by atoms with Crippen LogP contribution in [0.4, 0.5) is 11.4 Å². The summed E-state index contributed by atoms with van der Waals surface area (Å²) in [5.41, 5.74) is 8.14. The van der Waals surface area contributed by atoms with E-state index >= 15 is 0 Å². The summed E-state index contributed by atoms with van der Waals surface area (Å²) in [5, 5.41) is 4.51. The molecule has 5 aromatic rings. The molecule has 1 fully saturated rings. The quantitative estimate of drug-likeness (QED) is 0.0331. The second kappa shape index (κ2) is 19.6. The number of carbonyl (C=O) groups is 2. The highest BCUT2D eigenvalue weighted by atomic mass is 35.5. The summed E-state index contributed by atoms with van der Waals surface area (Å²) >= 11 is 5.97. The van der Waals surface area contributed by atoms with Crippen molar-refractivity contribution in [3.63, 3.8) is 0 Å². The standard InChI is InChI=1S/C56H58ClN3O9S2/c1-55(2)48(58(32-9-11-34-70(63,64)65)46-28-22-37-14-5-7-18-43(37)51(46)55)30-24-40-16-13-17-41(53(40)69-42-26-20-39(21-27-42)45-36-50(61)60(57)54(45)62)25-31-49-56(3,4)52-44-19-8-6-15-38(44)23-29-47(52)59(49)33-10-12-35-71(66,67)68/h5-8,14-15,18-31,45H,9-13,16-17,32-36H2,1-4H3,(H-,63,64,65,66,67,68). The van der Waals surface area contributed by atoms with Crippen LogP contribution in [0.3, 0.4) is 0 Å². The lowest BCUT2D eigenvalue weighted by atomic mass is 9.78. The van der Waals surface area contributed by atoms with Gasteiger partial charge in [-0.05, 0) is 133 Å². The molecule has 1 unspecified atom stereocenters. The second-order valence-electron chi connectivity index (χ2n) is 20.0. The predicted molar refractivity (Wildman–Crippen MR) is 279 cm³/mol. The zero-order valence-electron chi connectivity index (χ0n) is 40.4. The molecule has 4 aliphatic rings. The van der Waals surface area contributed by atoms with E-state index in [9.17, 15) is 35.5 Å². The van der Waals surface area contributed by atoms with Crippen LogP contribution in [-0.2, 0) is 40.7 Å². The van der Waals surface area contributed by atoms with Crippen molar-refractivity contribution in [2.24, 2.45) is 0 Å². The third-order valence-corrected chi connectivity index (χ3v) is 16.5. The molecule has 1 N–H and O–H groups in total. The largest absolute Gasteiger partial charge is 0.748 e. The van der Waals surface area contributed by atoms with Gasteiger partial charge in [0, 0.05) is 71.4 Å². The monoisotopic (exact) mass is 1020 g/mol. The van der Waals surface area contributed by atoms with Gasteiger partial charge in [0.25, 0.3) is 16.0 Å². The zero-order valence-corrected chi connectivity index (χ0v) is 42.7. The van der Waals surface area contributed by atoms with Gasteiger partial charge in [-0.15, -0.1) is 0 Å². The van der Waals surface area contributed by atoms with Crippen molar-refractivity contribution in [3.05, 3.63) is 161 Å². The van der Waals surface area contributed by atoms with Gasteiger partial charge >= 0.3 is 0 Å². The molecular formula is C56H58ClN3O9S2. The number of allylic oxidation sites excluding steroid dienone is 7. The summed E-state index contributed by atoms with van der Waals surface area (Å²) in [7, 11) is -8.47. The second-order valence-corrected chi connectivity index (χ2v) is 23.4. The first-order valence-corrected chi connectivity index (χ1v) is 27.7. The molecule has 5 aromatic carbocycles. The Morgan fingerprint density at radius 1 is 0.775 bits per heavy atom. The molecule has 12 nitrogen and oxygen atoms in total. The number of benzene rings is 5. The lowest BCUT2D eigenvalue weighted by molar-refractivity contribution is -0.438.